The van der Waals surface area contributed by atoms with Crippen LogP contribution in [0.25, 0.3) is 10.9 Å². The molecule has 2 aromatic rings. The van der Waals surface area contributed by atoms with Crippen LogP contribution in [0.15, 0.2) is 35.4 Å². The minimum atomic E-state index is -0.141. The van der Waals surface area contributed by atoms with Gasteiger partial charge in [0, 0.05) is 33.5 Å². The van der Waals surface area contributed by atoms with Crippen molar-refractivity contribution >= 4 is 39.4 Å². The van der Waals surface area contributed by atoms with Crippen LogP contribution in [0.2, 0.25) is 0 Å². The SMILES string of the molecule is CCC1(C(=O)Sc2ccnc3ccc(NC(=O)C4CC4)cc23)CCC1. The molecule has 2 aliphatic rings. The van der Waals surface area contributed by atoms with Gasteiger partial charge >= 0.3 is 0 Å². The fraction of sp³-hybridized carbons (Fsp3) is 0.450. The van der Waals surface area contributed by atoms with Crippen LogP contribution < -0.4 is 5.32 Å². The number of benzene rings is 1. The lowest BCUT2D eigenvalue weighted by molar-refractivity contribution is -0.124. The topological polar surface area (TPSA) is 59.1 Å². The summed E-state index contributed by atoms with van der Waals surface area (Å²) < 4.78 is 0. The Balaban J connectivity index is 1.61. The molecule has 1 aromatic carbocycles. The summed E-state index contributed by atoms with van der Waals surface area (Å²) in [6.07, 6.45) is 7.77. The molecule has 2 aliphatic carbocycles. The second kappa shape index (κ2) is 6.45. The van der Waals surface area contributed by atoms with Crippen LogP contribution in [-0.4, -0.2) is 16.0 Å². The molecule has 5 heteroatoms. The minimum Gasteiger partial charge on any atom is -0.326 e. The number of hydrogen-bond acceptors (Lipinski definition) is 4. The molecule has 0 radical (unpaired) electrons. The van der Waals surface area contributed by atoms with E-state index in [1.165, 1.54) is 11.8 Å². The highest BCUT2D eigenvalue weighted by molar-refractivity contribution is 8.14. The van der Waals surface area contributed by atoms with Gasteiger partial charge in [0.25, 0.3) is 0 Å². The molecule has 1 amide bonds. The van der Waals surface area contributed by atoms with E-state index >= 15 is 0 Å². The Morgan fingerprint density at radius 2 is 2.08 bits per heavy atom. The number of anilines is 1. The normalized spacial score (nSPS) is 18.6. The van der Waals surface area contributed by atoms with Crippen LogP contribution in [0.4, 0.5) is 5.69 Å². The number of nitrogens with one attached hydrogen (secondary N) is 1. The Morgan fingerprint density at radius 1 is 1.28 bits per heavy atom. The van der Waals surface area contributed by atoms with E-state index in [2.05, 4.69) is 17.2 Å². The number of thioether (sulfide) groups is 1. The van der Waals surface area contributed by atoms with Gasteiger partial charge in [-0.25, -0.2) is 0 Å². The first-order valence-electron chi connectivity index (χ1n) is 9.03. The highest BCUT2D eigenvalue weighted by atomic mass is 32.2. The van der Waals surface area contributed by atoms with E-state index in [1.807, 2.05) is 24.3 Å². The van der Waals surface area contributed by atoms with Crippen molar-refractivity contribution < 1.29 is 9.59 Å². The van der Waals surface area contributed by atoms with Crippen LogP contribution in [0.5, 0.6) is 0 Å². The number of aromatic nitrogens is 1. The van der Waals surface area contributed by atoms with Gasteiger partial charge in [0.2, 0.25) is 5.91 Å². The number of carbonyl (C=O) groups is 2. The zero-order chi connectivity index (χ0) is 17.4. The fourth-order valence-corrected chi connectivity index (χ4v) is 4.56. The van der Waals surface area contributed by atoms with Gasteiger partial charge < -0.3 is 5.32 Å². The average Bonchev–Trinajstić information content (AvgIpc) is 3.40. The Morgan fingerprint density at radius 3 is 2.72 bits per heavy atom. The van der Waals surface area contributed by atoms with Crippen LogP contribution in [0, 0.1) is 11.3 Å². The van der Waals surface area contributed by atoms with E-state index in [4.69, 9.17) is 0 Å². The van der Waals surface area contributed by atoms with Crippen molar-refractivity contribution in [1.82, 2.24) is 4.98 Å². The van der Waals surface area contributed by atoms with E-state index in [-0.39, 0.29) is 22.4 Å². The summed E-state index contributed by atoms with van der Waals surface area (Å²) in [4.78, 5) is 30.2. The van der Waals surface area contributed by atoms with Gasteiger partial charge in [-0.2, -0.15) is 0 Å². The molecule has 0 bridgehead atoms. The second-order valence-corrected chi connectivity index (χ2v) is 8.20. The summed E-state index contributed by atoms with van der Waals surface area (Å²) in [6, 6.07) is 7.63. The van der Waals surface area contributed by atoms with Gasteiger partial charge in [0.1, 0.15) is 0 Å². The molecule has 0 atom stereocenters. The maximum Gasteiger partial charge on any atom is 0.227 e. The molecular weight excluding hydrogens is 332 g/mol. The lowest BCUT2D eigenvalue weighted by Gasteiger charge is -2.39. The van der Waals surface area contributed by atoms with Crippen molar-refractivity contribution in [2.75, 3.05) is 5.32 Å². The monoisotopic (exact) mass is 354 g/mol. The first kappa shape index (κ1) is 16.6. The lowest BCUT2D eigenvalue weighted by Crippen LogP contribution is -2.35. The molecule has 25 heavy (non-hydrogen) atoms. The number of pyridine rings is 1. The van der Waals surface area contributed by atoms with Crippen molar-refractivity contribution in [3.05, 3.63) is 30.5 Å². The molecular formula is C20H22N2O2S. The zero-order valence-corrected chi connectivity index (χ0v) is 15.2. The summed E-state index contributed by atoms with van der Waals surface area (Å²) in [6.45, 7) is 2.10. The molecule has 2 fully saturated rings. The van der Waals surface area contributed by atoms with Gasteiger partial charge in [0.15, 0.2) is 5.12 Å². The molecule has 0 spiro atoms. The first-order valence-corrected chi connectivity index (χ1v) is 9.85. The maximum atomic E-state index is 12.8. The summed E-state index contributed by atoms with van der Waals surface area (Å²) in [5.74, 6) is 0.260. The predicted octanol–water partition coefficient (Wildman–Crippen LogP) is 4.78. The van der Waals surface area contributed by atoms with Crippen LogP contribution in [0.3, 0.4) is 0 Å². The number of hydrogen-bond donors (Lipinski definition) is 1. The molecule has 4 rings (SSSR count). The van der Waals surface area contributed by atoms with E-state index < -0.39 is 0 Å². The summed E-state index contributed by atoms with van der Waals surface area (Å²) >= 11 is 1.34. The summed E-state index contributed by atoms with van der Waals surface area (Å²) in [5, 5.41) is 4.17. The van der Waals surface area contributed by atoms with Crippen molar-refractivity contribution in [3.8, 4) is 0 Å². The Hall–Kier alpha value is -1.88. The standard InChI is InChI=1S/C20H22N2O2S/c1-2-20(9-3-10-20)19(24)25-17-8-11-21-16-7-6-14(12-15(16)17)22-18(23)13-4-5-13/h6-8,11-13H,2-5,9-10H2,1H3,(H,22,23). The number of nitrogens with zero attached hydrogens (tertiary/aromatic N) is 1. The molecule has 0 aliphatic heterocycles. The van der Waals surface area contributed by atoms with Crippen LogP contribution >= 0.6 is 11.8 Å². The highest BCUT2D eigenvalue weighted by Crippen LogP contribution is 2.49. The van der Waals surface area contributed by atoms with Crippen LogP contribution in [0.1, 0.15) is 45.4 Å². The summed E-state index contributed by atoms with van der Waals surface area (Å²) in [5.41, 5.74) is 1.49. The molecule has 0 unspecified atom stereocenters. The first-order chi connectivity index (χ1) is 12.1. The largest absolute Gasteiger partial charge is 0.326 e. The van der Waals surface area contributed by atoms with E-state index in [1.54, 1.807) is 6.20 Å². The number of fused-ring (bicyclic) bond motifs is 1. The maximum absolute atomic E-state index is 12.8. The Kier molecular flexibility index (Phi) is 4.28. The Bertz CT molecular complexity index is 835. The number of rotatable bonds is 5. The third-order valence-electron chi connectivity index (χ3n) is 5.54. The highest BCUT2D eigenvalue weighted by Gasteiger charge is 2.42. The molecule has 1 N–H and O–H groups in total. The molecule has 1 heterocycles. The third kappa shape index (κ3) is 3.17. The average molecular weight is 354 g/mol. The zero-order valence-electron chi connectivity index (χ0n) is 14.4. The van der Waals surface area contributed by atoms with Gasteiger partial charge in [0.05, 0.1) is 5.52 Å². The van der Waals surface area contributed by atoms with Gasteiger partial charge in [-0.05, 0) is 56.4 Å². The van der Waals surface area contributed by atoms with Crippen molar-refractivity contribution in [2.24, 2.45) is 11.3 Å². The smallest absolute Gasteiger partial charge is 0.227 e. The molecule has 1 aromatic heterocycles. The van der Waals surface area contributed by atoms with Gasteiger partial charge in [-0.3, -0.25) is 14.6 Å². The third-order valence-corrected chi connectivity index (χ3v) is 6.73. The molecule has 0 saturated heterocycles. The quantitative estimate of drug-likeness (QED) is 0.785. The summed E-state index contributed by atoms with van der Waals surface area (Å²) in [7, 11) is 0. The fourth-order valence-electron chi connectivity index (χ4n) is 3.39. The molecule has 2 saturated carbocycles. The van der Waals surface area contributed by atoms with E-state index in [0.29, 0.717) is 0 Å². The lowest BCUT2D eigenvalue weighted by atomic mass is 9.68. The molecule has 130 valence electrons. The Labute approximate surface area is 151 Å². The van der Waals surface area contributed by atoms with Crippen LogP contribution in [-0.2, 0) is 9.59 Å². The van der Waals surface area contributed by atoms with Crippen molar-refractivity contribution in [2.45, 2.75) is 50.3 Å². The predicted molar refractivity (Wildman–Crippen MR) is 101 cm³/mol. The van der Waals surface area contributed by atoms with Crippen molar-refractivity contribution in [3.63, 3.8) is 0 Å². The van der Waals surface area contributed by atoms with Gasteiger partial charge in [-0.15, -0.1) is 0 Å². The number of carbonyl (C=O) groups excluding carboxylic acids is 2. The minimum absolute atomic E-state index is 0.0907. The second-order valence-electron chi connectivity index (χ2n) is 7.18. The molecule has 4 nitrogen and oxygen atoms in total. The van der Waals surface area contributed by atoms with E-state index in [0.717, 1.165) is 60.0 Å². The number of amides is 1. The van der Waals surface area contributed by atoms with Crippen molar-refractivity contribution in [1.29, 1.82) is 0 Å². The van der Waals surface area contributed by atoms with Gasteiger partial charge in [-0.1, -0.05) is 25.1 Å². The van der Waals surface area contributed by atoms with E-state index in [9.17, 15) is 9.59 Å².